The molecule has 0 aliphatic heterocycles. The first-order valence-corrected chi connectivity index (χ1v) is 7.53. The molecule has 0 fully saturated rings. The molecule has 5 nitrogen and oxygen atoms in total. The van der Waals surface area contributed by atoms with Gasteiger partial charge < -0.3 is 15.4 Å². The highest BCUT2D eigenvalue weighted by atomic mass is 35.5. The van der Waals surface area contributed by atoms with Crippen molar-refractivity contribution >= 4 is 29.1 Å². The van der Waals surface area contributed by atoms with Crippen molar-refractivity contribution in [2.45, 2.75) is 6.54 Å². The lowest BCUT2D eigenvalue weighted by atomic mass is 10.1. The number of benzene rings is 2. The molecule has 0 aliphatic carbocycles. The molecule has 2 rings (SSSR count). The van der Waals surface area contributed by atoms with Crippen LogP contribution in [0.5, 0.6) is 5.75 Å². The van der Waals surface area contributed by atoms with E-state index in [0.29, 0.717) is 17.8 Å². The van der Waals surface area contributed by atoms with Crippen LogP contribution in [0.25, 0.3) is 0 Å². The maximum Gasteiger partial charge on any atom is 0.253 e. The van der Waals surface area contributed by atoms with Crippen LogP contribution in [-0.2, 0) is 11.3 Å². The van der Waals surface area contributed by atoms with Gasteiger partial charge in [0, 0.05) is 6.54 Å². The lowest BCUT2D eigenvalue weighted by Crippen LogP contribution is -2.25. The number of hydrogen-bond donors (Lipinski definition) is 2. The van der Waals surface area contributed by atoms with E-state index in [1.54, 1.807) is 31.4 Å². The van der Waals surface area contributed by atoms with Crippen LogP contribution in [-0.4, -0.2) is 24.8 Å². The van der Waals surface area contributed by atoms with E-state index in [4.69, 9.17) is 16.3 Å². The van der Waals surface area contributed by atoms with E-state index in [1.807, 2.05) is 24.3 Å². The Morgan fingerprint density at radius 2 is 1.91 bits per heavy atom. The topological polar surface area (TPSA) is 67.4 Å². The number of methoxy groups -OCH3 is 1. The summed E-state index contributed by atoms with van der Waals surface area (Å²) in [6.07, 6.45) is 0. The van der Waals surface area contributed by atoms with Crippen molar-refractivity contribution in [1.29, 1.82) is 0 Å². The van der Waals surface area contributed by atoms with Crippen molar-refractivity contribution in [3.8, 4) is 5.75 Å². The molecular formula is C17H17ClN2O3. The van der Waals surface area contributed by atoms with E-state index in [0.717, 1.165) is 11.3 Å². The number of amides is 2. The van der Waals surface area contributed by atoms with Gasteiger partial charge in [0.2, 0.25) is 5.91 Å². The van der Waals surface area contributed by atoms with Gasteiger partial charge in [-0.3, -0.25) is 9.59 Å². The smallest absolute Gasteiger partial charge is 0.253 e. The molecule has 0 aromatic heterocycles. The summed E-state index contributed by atoms with van der Waals surface area (Å²) >= 11 is 5.48. The maximum absolute atomic E-state index is 12.3. The second kappa shape index (κ2) is 8.19. The first-order chi connectivity index (χ1) is 11.1. The van der Waals surface area contributed by atoms with Crippen molar-refractivity contribution in [3.05, 3.63) is 59.7 Å². The standard InChI is InChI=1S/C17H17ClN2O3/c1-23-13-6-4-5-12(9-13)11-19-17(22)14-7-2-3-8-15(14)20-16(21)10-18/h2-9H,10-11H2,1H3,(H,19,22)(H,20,21). The summed E-state index contributed by atoms with van der Waals surface area (Å²) in [6.45, 7) is 0.355. The molecule has 2 amide bonds. The van der Waals surface area contributed by atoms with Crippen LogP contribution < -0.4 is 15.4 Å². The molecule has 0 atom stereocenters. The minimum Gasteiger partial charge on any atom is -0.497 e. The van der Waals surface area contributed by atoms with E-state index >= 15 is 0 Å². The largest absolute Gasteiger partial charge is 0.497 e. The van der Waals surface area contributed by atoms with E-state index in [1.165, 1.54) is 0 Å². The van der Waals surface area contributed by atoms with E-state index in [-0.39, 0.29) is 17.7 Å². The molecule has 0 heterocycles. The van der Waals surface area contributed by atoms with Gasteiger partial charge in [-0.05, 0) is 29.8 Å². The fourth-order valence-electron chi connectivity index (χ4n) is 2.03. The van der Waals surface area contributed by atoms with Crippen LogP contribution in [0.3, 0.4) is 0 Å². The zero-order valence-corrected chi connectivity index (χ0v) is 13.4. The minimum absolute atomic E-state index is 0.167. The summed E-state index contributed by atoms with van der Waals surface area (Å²) < 4.78 is 5.15. The van der Waals surface area contributed by atoms with Gasteiger partial charge in [-0.15, -0.1) is 11.6 Å². The Hall–Kier alpha value is -2.53. The zero-order valence-electron chi connectivity index (χ0n) is 12.6. The molecule has 2 aromatic carbocycles. The fraction of sp³-hybridized carbons (Fsp3) is 0.176. The number of anilines is 1. The predicted octanol–water partition coefficient (Wildman–Crippen LogP) is 2.80. The third-order valence-corrected chi connectivity index (χ3v) is 3.40. The lowest BCUT2D eigenvalue weighted by molar-refractivity contribution is -0.113. The number of carbonyl (C=O) groups is 2. The number of carbonyl (C=O) groups excluding carboxylic acids is 2. The molecule has 0 spiro atoms. The monoisotopic (exact) mass is 332 g/mol. The van der Waals surface area contributed by atoms with Crippen molar-refractivity contribution in [2.75, 3.05) is 18.3 Å². The SMILES string of the molecule is COc1cccc(CNC(=O)c2ccccc2NC(=O)CCl)c1. The lowest BCUT2D eigenvalue weighted by Gasteiger charge is -2.11. The molecule has 0 saturated carbocycles. The summed E-state index contributed by atoms with van der Waals surface area (Å²) in [5.74, 6) is -0.0794. The Morgan fingerprint density at radius 1 is 1.13 bits per heavy atom. The van der Waals surface area contributed by atoms with Crippen molar-refractivity contribution in [1.82, 2.24) is 5.32 Å². The molecule has 2 N–H and O–H groups in total. The number of hydrogen-bond acceptors (Lipinski definition) is 3. The highest BCUT2D eigenvalue weighted by Crippen LogP contribution is 2.16. The molecular weight excluding hydrogens is 316 g/mol. The molecule has 0 saturated heterocycles. The third-order valence-electron chi connectivity index (χ3n) is 3.15. The zero-order chi connectivity index (χ0) is 16.7. The van der Waals surface area contributed by atoms with E-state index in [2.05, 4.69) is 10.6 Å². The Balaban J connectivity index is 2.07. The van der Waals surface area contributed by atoms with Crippen LogP contribution in [0.1, 0.15) is 15.9 Å². The number of ether oxygens (including phenoxy) is 1. The maximum atomic E-state index is 12.3. The summed E-state index contributed by atoms with van der Waals surface area (Å²) in [6, 6.07) is 14.2. The summed E-state index contributed by atoms with van der Waals surface area (Å²) in [7, 11) is 1.59. The number of nitrogens with one attached hydrogen (secondary N) is 2. The van der Waals surface area contributed by atoms with Gasteiger partial charge >= 0.3 is 0 Å². The van der Waals surface area contributed by atoms with Crippen molar-refractivity contribution in [2.24, 2.45) is 0 Å². The van der Waals surface area contributed by atoms with Gasteiger partial charge in [0.25, 0.3) is 5.91 Å². The quantitative estimate of drug-likeness (QED) is 0.799. The molecule has 0 aliphatic rings. The fourth-order valence-corrected chi connectivity index (χ4v) is 2.10. The van der Waals surface area contributed by atoms with Gasteiger partial charge in [0.05, 0.1) is 18.4 Å². The van der Waals surface area contributed by atoms with E-state index in [9.17, 15) is 9.59 Å². The second-order valence-electron chi connectivity index (χ2n) is 4.76. The summed E-state index contributed by atoms with van der Waals surface area (Å²) in [5.41, 5.74) is 1.73. The Kier molecular flexibility index (Phi) is 6.00. The summed E-state index contributed by atoms with van der Waals surface area (Å²) in [5, 5.41) is 5.43. The number of para-hydroxylation sites is 1. The highest BCUT2D eigenvalue weighted by Gasteiger charge is 2.12. The molecule has 0 bridgehead atoms. The van der Waals surface area contributed by atoms with Crippen LogP contribution in [0.4, 0.5) is 5.69 Å². The number of alkyl halides is 1. The predicted molar refractivity (Wildman–Crippen MR) is 90.0 cm³/mol. The number of halogens is 1. The molecule has 23 heavy (non-hydrogen) atoms. The van der Waals surface area contributed by atoms with Gasteiger partial charge in [-0.1, -0.05) is 24.3 Å². The van der Waals surface area contributed by atoms with Gasteiger partial charge in [0.1, 0.15) is 11.6 Å². The second-order valence-corrected chi connectivity index (χ2v) is 5.03. The Labute approximate surface area is 139 Å². The molecule has 120 valence electrons. The molecule has 2 aromatic rings. The third kappa shape index (κ3) is 4.72. The normalized spacial score (nSPS) is 10.0. The van der Waals surface area contributed by atoms with Crippen LogP contribution in [0.15, 0.2) is 48.5 Å². The first kappa shape index (κ1) is 16.8. The van der Waals surface area contributed by atoms with Gasteiger partial charge in [-0.25, -0.2) is 0 Å². The average molecular weight is 333 g/mol. The Bertz CT molecular complexity index is 704. The van der Waals surface area contributed by atoms with Gasteiger partial charge in [0.15, 0.2) is 0 Å². The summed E-state index contributed by atoms with van der Waals surface area (Å²) in [4.78, 5) is 23.8. The minimum atomic E-state index is -0.361. The van der Waals surface area contributed by atoms with Gasteiger partial charge in [-0.2, -0.15) is 0 Å². The molecule has 0 radical (unpaired) electrons. The Morgan fingerprint density at radius 3 is 2.65 bits per heavy atom. The number of rotatable bonds is 6. The van der Waals surface area contributed by atoms with Crippen LogP contribution in [0.2, 0.25) is 0 Å². The highest BCUT2D eigenvalue weighted by molar-refractivity contribution is 6.29. The van der Waals surface area contributed by atoms with Crippen molar-refractivity contribution < 1.29 is 14.3 Å². The average Bonchev–Trinajstić information content (AvgIpc) is 2.60. The first-order valence-electron chi connectivity index (χ1n) is 7.00. The van der Waals surface area contributed by atoms with Crippen LogP contribution >= 0.6 is 11.6 Å². The van der Waals surface area contributed by atoms with Crippen LogP contribution in [0, 0.1) is 0 Å². The van der Waals surface area contributed by atoms with E-state index < -0.39 is 0 Å². The molecule has 0 unspecified atom stereocenters. The molecule has 6 heteroatoms. The van der Waals surface area contributed by atoms with Crippen molar-refractivity contribution in [3.63, 3.8) is 0 Å².